The van der Waals surface area contributed by atoms with E-state index in [4.69, 9.17) is 37.9 Å². The van der Waals surface area contributed by atoms with E-state index >= 15 is 8.42 Å². The summed E-state index contributed by atoms with van der Waals surface area (Å²) < 4.78 is 155. The first-order valence-electron chi connectivity index (χ1n) is 18.0. The van der Waals surface area contributed by atoms with E-state index in [0.717, 1.165) is 50.6 Å². The maximum Gasteiger partial charge on any atom is 0.471 e. The number of sulfone groups is 1. The van der Waals surface area contributed by atoms with E-state index in [1.807, 2.05) is 0 Å². The first-order chi connectivity index (χ1) is 29.7. The maximum absolute atomic E-state index is 15.5. The fraction of sp³-hybridized carbons (Fsp3) is 0.286. The lowest BCUT2D eigenvalue weighted by atomic mass is 10.1. The van der Waals surface area contributed by atoms with Gasteiger partial charge in [-0.05, 0) is 47.5 Å². The summed E-state index contributed by atoms with van der Waals surface area (Å²) in [6.07, 6.45) is -5.80. The van der Waals surface area contributed by atoms with Gasteiger partial charge in [-0.25, -0.2) is 8.42 Å². The van der Waals surface area contributed by atoms with Crippen molar-refractivity contribution in [3.63, 3.8) is 0 Å². The minimum atomic E-state index is -5.36. The molecule has 0 aliphatic rings. The molecule has 21 heteroatoms. The van der Waals surface area contributed by atoms with Crippen LogP contribution in [0.25, 0.3) is 12.2 Å². The lowest BCUT2D eigenvalue weighted by molar-refractivity contribution is -0.167. The van der Waals surface area contributed by atoms with Crippen molar-refractivity contribution in [3.8, 4) is 46.0 Å². The second kappa shape index (κ2) is 20.4. The molecule has 340 valence electrons. The molecular formula is C42H42F6N2O12S. The molecule has 0 aliphatic carbocycles. The normalized spacial score (nSPS) is 12.9. The third-order valence-corrected chi connectivity index (χ3v) is 11.5. The van der Waals surface area contributed by atoms with Gasteiger partial charge in [0.2, 0.25) is 0 Å². The Morgan fingerprint density at radius 2 is 0.794 bits per heavy atom. The number of ether oxygens (including phenoxy) is 8. The van der Waals surface area contributed by atoms with Crippen molar-refractivity contribution in [1.29, 1.82) is 0 Å². The van der Waals surface area contributed by atoms with Crippen LogP contribution in [-0.4, -0.2) is 89.5 Å². The summed E-state index contributed by atoms with van der Waals surface area (Å²) in [6, 6.07) is 12.5. The predicted octanol–water partition coefficient (Wildman–Crippen LogP) is 8.38. The zero-order valence-corrected chi connectivity index (χ0v) is 35.6. The molecule has 2 amide bonds. The van der Waals surface area contributed by atoms with Gasteiger partial charge in [-0.2, -0.15) is 26.3 Å². The van der Waals surface area contributed by atoms with Crippen LogP contribution in [-0.2, 0) is 19.4 Å². The molecule has 14 nitrogen and oxygen atoms in total. The summed E-state index contributed by atoms with van der Waals surface area (Å²) in [6.45, 7) is 0. The zero-order chi connectivity index (χ0) is 46.9. The smallest absolute Gasteiger partial charge is 0.471 e. The van der Waals surface area contributed by atoms with E-state index in [9.17, 15) is 35.9 Å². The molecule has 0 bridgehead atoms. The van der Waals surface area contributed by atoms with Gasteiger partial charge >= 0.3 is 24.2 Å². The van der Waals surface area contributed by atoms with E-state index < -0.39 is 55.9 Å². The van der Waals surface area contributed by atoms with Gasteiger partial charge in [-0.1, -0.05) is 24.3 Å². The Balaban J connectivity index is 2.12. The molecular weight excluding hydrogens is 871 g/mol. The molecule has 63 heavy (non-hydrogen) atoms. The lowest BCUT2D eigenvalue weighted by Crippen LogP contribution is -2.30. The number of hydrogen-bond donors (Lipinski definition) is 2. The average molecular weight is 913 g/mol. The van der Waals surface area contributed by atoms with Crippen LogP contribution in [0.15, 0.2) is 72.8 Å². The number of halogens is 6. The molecule has 0 radical (unpaired) electrons. The number of rotatable bonds is 18. The van der Waals surface area contributed by atoms with Crippen molar-refractivity contribution in [2.75, 3.05) is 67.5 Å². The minimum absolute atomic E-state index is 0.141. The molecule has 0 saturated heterocycles. The molecule has 2 atom stereocenters. The Bertz CT molecular complexity index is 2260. The van der Waals surface area contributed by atoms with Crippen molar-refractivity contribution in [2.24, 2.45) is 0 Å². The molecule has 0 fully saturated rings. The highest BCUT2D eigenvalue weighted by molar-refractivity contribution is 7.92. The van der Waals surface area contributed by atoms with Crippen LogP contribution < -0.4 is 48.5 Å². The minimum Gasteiger partial charge on any atom is -0.496 e. The fourth-order valence-corrected chi connectivity index (χ4v) is 8.09. The van der Waals surface area contributed by atoms with Gasteiger partial charge in [0, 0.05) is 24.3 Å². The topological polar surface area (TPSA) is 166 Å². The van der Waals surface area contributed by atoms with Gasteiger partial charge in [0.1, 0.15) is 56.5 Å². The molecule has 0 saturated carbocycles. The number of carbonyl (C=O) groups excluding carboxylic acids is 2. The summed E-state index contributed by atoms with van der Waals surface area (Å²) in [5.74, 6) is -4.17. The largest absolute Gasteiger partial charge is 0.496 e. The van der Waals surface area contributed by atoms with Crippen LogP contribution in [0.2, 0.25) is 0 Å². The number of hydrogen-bond acceptors (Lipinski definition) is 12. The summed E-state index contributed by atoms with van der Waals surface area (Å²) in [5.41, 5.74) is -1.22. The number of amides is 2. The Morgan fingerprint density at radius 3 is 1.05 bits per heavy atom. The summed E-state index contributed by atoms with van der Waals surface area (Å²) in [7, 11) is 5.32. The van der Waals surface area contributed by atoms with Crippen LogP contribution in [0.4, 0.5) is 37.7 Å². The van der Waals surface area contributed by atoms with E-state index in [1.54, 1.807) is 10.6 Å². The number of benzene rings is 4. The van der Waals surface area contributed by atoms with Crippen LogP contribution in [0.1, 0.15) is 32.8 Å². The number of alkyl halides is 6. The van der Waals surface area contributed by atoms with Gasteiger partial charge in [-0.3, -0.25) is 9.59 Å². The molecule has 2 N–H and O–H groups in total. The third-order valence-electron chi connectivity index (χ3n) is 9.21. The fourth-order valence-electron chi connectivity index (χ4n) is 6.13. The highest BCUT2D eigenvalue weighted by Gasteiger charge is 2.41. The van der Waals surface area contributed by atoms with Gasteiger partial charge < -0.3 is 48.5 Å². The molecule has 2 unspecified atom stereocenters. The lowest BCUT2D eigenvalue weighted by Gasteiger charge is -2.24. The number of nitrogens with one attached hydrogen (secondary N) is 2. The van der Waals surface area contributed by atoms with Gasteiger partial charge in [-0.15, -0.1) is 0 Å². The Kier molecular flexibility index (Phi) is 15.8. The van der Waals surface area contributed by atoms with E-state index in [-0.39, 0.29) is 56.8 Å². The molecule has 4 rings (SSSR count). The van der Waals surface area contributed by atoms with Crippen LogP contribution in [0, 0.1) is 0 Å². The maximum atomic E-state index is 15.5. The standard InChI is InChI=1S/C42H42F6N2O12S/c1-55-25-19-33(59-5)27(34(20-25)60-6)11-15-37(23-9-13-31(57-3)29(17-23)49-39(51)41(43,44)45)63(53,54)38(16-12-28-35(61-7)21-26(56-2)22-36(28)62-8)24-10-14-32(58-4)30(18-24)50-40(52)42(46,47)48/h9-22,37-38H,1-8H3,(H,49,51)(H,50,52). The molecule has 4 aromatic carbocycles. The molecule has 0 aliphatic heterocycles. The second-order valence-electron chi connectivity index (χ2n) is 12.9. The quantitative estimate of drug-likeness (QED) is 0.0918. The molecule has 0 heterocycles. The highest BCUT2D eigenvalue weighted by atomic mass is 32.2. The Morgan fingerprint density at radius 1 is 0.492 bits per heavy atom. The van der Waals surface area contributed by atoms with Gasteiger partial charge in [0.25, 0.3) is 0 Å². The van der Waals surface area contributed by atoms with E-state index in [2.05, 4.69) is 0 Å². The first kappa shape index (κ1) is 48.9. The van der Waals surface area contributed by atoms with Crippen LogP contribution in [0.5, 0.6) is 46.0 Å². The SMILES string of the molecule is COc1cc(OC)c(C=CC(c2ccc(OC)c(NC(=O)C(F)(F)F)c2)S(=O)(=O)C(C=Cc2c(OC)cc(OC)cc2OC)c2ccc(OC)c(NC(=O)C(F)(F)F)c2)c(OC)c1. The number of carbonyl (C=O) groups is 2. The molecule has 4 aromatic rings. The summed E-state index contributed by atoms with van der Waals surface area (Å²) in [5, 5.41) is -0.358. The van der Waals surface area contributed by atoms with Crippen molar-refractivity contribution in [2.45, 2.75) is 22.9 Å². The van der Waals surface area contributed by atoms with Gasteiger partial charge in [0.15, 0.2) is 9.84 Å². The van der Waals surface area contributed by atoms with E-state index in [1.165, 1.54) is 91.2 Å². The monoisotopic (exact) mass is 912 g/mol. The second-order valence-corrected chi connectivity index (χ2v) is 15.1. The first-order valence-corrected chi connectivity index (χ1v) is 19.6. The third kappa shape index (κ3) is 11.4. The molecule has 0 aromatic heterocycles. The zero-order valence-electron chi connectivity index (χ0n) is 34.8. The van der Waals surface area contributed by atoms with Crippen LogP contribution >= 0.6 is 0 Å². The van der Waals surface area contributed by atoms with Crippen molar-refractivity contribution < 1.29 is 82.2 Å². The summed E-state index contributed by atoms with van der Waals surface area (Å²) >= 11 is 0. The number of anilines is 2. The Hall–Kier alpha value is -6.77. The van der Waals surface area contributed by atoms with Crippen molar-refractivity contribution in [1.82, 2.24) is 0 Å². The highest BCUT2D eigenvalue weighted by Crippen LogP contribution is 2.44. The van der Waals surface area contributed by atoms with E-state index in [0.29, 0.717) is 11.5 Å². The molecule has 0 spiro atoms. The van der Waals surface area contributed by atoms with Crippen LogP contribution in [0.3, 0.4) is 0 Å². The van der Waals surface area contributed by atoms with Crippen molar-refractivity contribution >= 4 is 45.2 Å². The van der Waals surface area contributed by atoms with Crippen molar-refractivity contribution in [3.05, 3.63) is 95.1 Å². The number of methoxy groups -OCH3 is 8. The predicted molar refractivity (Wildman–Crippen MR) is 220 cm³/mol. The summed E-state index contributed by atoms with van der Waals surface area (Å²) in [4.78, 5) is 24.3. The average Bonchev–Trinajstić information content (AvgIpc) is 3.25. The Labute approximate surface area is 358 Å². The van der Waals surface area contributed by atoms with Gasteiger partial charge in [0.05, 0.1) is 79.4 Å².